The summed E-state index contributed by atoms with van der Waals surface area (Å²) in [5.74, 6) is 0.249. The molecule has 3 heterocycles. The minimum absolute atomic E-state index is 0.0194. The summed E-state index contributed by atoms with van der Waals surface area (Å²) in [6.45, 7) is -0.400. The number of aliphatic hydroxyl groups excluding tert-OH is 3. The molecule has 0 radical (unpaired) electrons. The van der Waals surface area contributed by atoms with E-state index in [2.05, 4.69) is 15.0 Å². The summed E-state index contributed by atoms with van der Waals surface area (Å²) in [5, 5.41) is 28.9. The third-order valence-corrected chi connectivity index (χ3v) is 3.57. The highest BCUT2D eigenvalue weighted by Gasteiger charge is 2.49. The van der Waals surface area contributed by atoms with Crippen LogP contribution in [0, 0.1) is 0 Å². The molecule has 0 spiro atoms. The van der Waals surface area contributed by atoms with Crippen LogP contribution in [0.3, 0.4) is 0 Å². The number of rotatable bonds is 2. The molecule has 6 atom stereocenters. The topological polar surface area (TPSA) is 162 Å². The Hall–Kier alpha value is -1.75. The number of hydrogen-bond donors (Lipinski definition) is 5. The molecule has 3 aliphatic rings. The van der Waals surface area contributed by atoms with Gasteiger partial charge in [0.1, 0.15) is 30.2 Å². The van der Waals surface area contributed by atoms with Gasteiger partial charge >= 0.3 is 0 Å². The van der Waals surface area contributed by atoms with Gasteiger partial charge in [0.15, 0.2) is 12.4 Å². The van der Waals surface area contributed by atoms with Crippen LogP contribution in [-0.4, -0.2) is 81.7 Å². The van der Waals surface area contributed by atoms with Gasteiger partial charge in [0.05, 0.1) is 12.9 Å². The Morgan fingerprint density at radius 2 is 2.05 bits per heavy atom. The number of nitrogens with zero attached hydrogens (tertiary/aromatic N) is 4. The predicted octanol–water partition coefficient (Wildman–Crippen LogP) is -3.85. The molecule has 0 aromatic rings. The van der Waals surface area contributed by atoms with E-state index >= 15 is 0 Å². The van der Waals surface area contributed by atoms with Crippen molar-refractivity contribution in [1.29, 1.82) is 0 Å². The van der Waals surface area contributed by atoms with Crippen molar-refractivity contribution in [3.05, 3.63) is 0 Å². The molecule has 0 bridgehead atoms. The van der Waals surface area contributed by atoms with Crippen molar-refractivity contribution < 1.29 is 20.1 Å². The third kappa shape index (κ3) is 1.85. The Balaban J connectivity index is 1.83. The molecule has 0 aliphatic carbocycles. The maximum atomic E-state index is 10.0. The number of aliphatic imine (C=N–C) groups is 3. The highest BCUT2D eigenvalue weighted by Crippen LogP contribution is 2.29. The zero-order valence-electron chi connectivity index (χ0n) is 10.4. The van der Waals surface area contributed by atoms with Crippen molar-refractivity contribution in [2.75, 3.05) is 6.61 Å². The van der Waals surface area contributed by atoms with Crippen LogP contribution in [0.2, 0.25) is 0 Å². The Labute approximate surface area is 114 Å². The van der Waals surface area contributed by atoms with Gasteiger partial charge in [-0.05, 0) is 0 Å². The first-order valence-corrected chi connectivity index (χ1v) is 6.13. The highest BCUT2D eigenvalue weighted by atomic mass is 16.6. The lowest BCUT2D eigenvalue weighted by atomic mass is 10.1. The summed E-state index contributed by atoms with van der Waals surface area (Å²) in [6, 6.07) is -0.497. The smallest absolute Gasteiger partial charge is 0.219 e. The van der Waals surface area contributed by atoms with Crippen LogP contribution in [-0.2, 0) is 4.74 Å². The van der Waals surface area contributed by atoms with Crippen LogP contribution in [0.25, 0.3) is 0 Å². The van der Waals surface area contributed by atoms with E-state index in [1.54, 1.807) is 0 Å². The lowest BCUT2D eigenvalue weighted by molar-refractivity contribution is -0.0778. The van der Waals surface area contributed by atoms with Gasteiger partial charge in [0.2, 0.25) is 5.96 Å². The van der Waals surface area contributed by atoms with E-state index in [0.717, 1.165) is 0 Å². The molecule has 7 N–H and O–H groups in total. The van der Waals surface area contributed by atoms with Crippen LogP contribution in [0.1, 0.15) is 0 Å². The Bertz CT molecular complexity index is 494. The number of hydrogen-bond acceptors (Lipinski definition) is 10. The number of fused-ring (bicyclic) bond motifs is 1. The average molecular weight is 284 g/mol. The van der Waals surface area contributed by atoms with Gasteiger partial charge in [-0.3, -0.25) is 4.99 Å². The lowest BCUT2D eigenvalue weighted by Crippen LogP contribution is -2.52. The van der Waals surface area contributed by atoms with E-state index in [0.29, 0.717) is 0 Å². The maximum Gasteiger partial charge on any atom is 0.219 e. The average Bonchev–Trinajstić information content (AvgIpc) is 2.93. The molecule has 0 amide bonds. The fourth-order valence-corrected chi connectivity index (χ4v) is 2.53. The first-order valence-electron chi connectivity index (χ1n) is 6.13. The molecule has 20 heavy (non-hydrogen) atoms. The monoisotopic (exact) mass is 284 g/mol. The molecule has 0 aromatic heterocycles. The molecule has 1 fully saturated rings. The van der Waals surface area contributed by atoms with Gasteiger partial charge in [-0.1, -0.05) is 0 Å². The molecule has 3 aliphatic heterocycles. The SMILES string of the molecule is NC1=NC2C(N=CN2[C@@H]2O[C@H](CO)C(O)[C@@H]2O)C(N)=N1. The Morgan fingerprint density at radius 3 is 2.70 bits per heavy atom. The first-order chi connectivity index (χ1) is 9.52. The number of nitrogens with two attached hydrogens (primary N) is 2. The van der Waals surface area contributed by atoms with E-state index in [-0.39, 0.29) is 11.8 Å². The number of amidine groups is 1. The van der Waals surface area contributed by atoms with Gasteiger partial charge in [-0.2, -0.15) is 4.99 Å². The third-order valence-electron chi connectivity index (χ3n) is 3.57. The summed E-state index contributed by atoms with van der Waals surface area (Å²) in [6.07, 6.45) is -3.28. The fraction of sp³-hybridized carbons (Fsp3) is 0.700. The zero-order chi connectivity index (χ0) is 14.4. The molecular formula is C10H16N6O4. The molecule has 3 rings (SSSR count). The van der Waals surface area contributed by atoms with Crippen LogP contribution < -0.4 is 11.5 Å². The second-order valence-electron chi connectivity index (χ2n) is 4.82. The van der Waals surface area contributed by atoms with Crippen molar-refractivity contribution in [2.45, 2.75) is 36.7 Å². The highest BCUT2D eigenvalue weighted by molar-refractivity contribution is 6.01. The van der Waals surface area contributed by atoms with Gasteiger partial charge < -0.3 is 36.4 Å². The quantitative estimate of drug-likeness (QED) is 0.346. The molecule has 1 saturated heterocycles. The number of aliphatic hydroxyl groups is 3. The fourth-order valence-electron chi connectivity index (χ4n) is 2.53. The molecular weight excluding hydrogens is 268 g/mol. The van der Waals surface area contributed by atoms with Crippen LogP contribution in [0.4, 0.5) is 0 Å². The summed E-state index contributed by atoms with van der Waals surface area (Å²) >= 11 is 0. The van der Waals surface area contributed by atoms with Gasteiger partial charge in [0.25, 0.3) is 0 Å². The number of ether oxygens (including phenoxy) is 1. The van der Waals surface area contributed by atoms with Gasteiger partial charge in [-0.25, -0.2) is 4.99 Å². The normalized spacial score (nSPS) is 43.5. The Morgan fingerprint density at radius 1 is 1.30 bits per heavy atom. The van der Waals surface area contributed by atoms with Crippen molar-refractivity contribution >= 4 is 18.1 Å². The minimum atomic E-state index is -1.20. The van der Waals surface area contributed by atoms with Gasteiger partial charge in [-0.15, -0.1) is 0 Å². The second kappa shape index (κ2) is 4.66. The second-order valence-corrected chi connectivity index (χ2v) is 4.82. The molecule has 10 nitrogen and oxygen atoms in total. The van der Waals surface area contributed by atoms with Crippen LogP contribution in [0.5, 0.6) is 0 Å². The van der Waals surface area contributed by atoms with Crippen LogP contribution in [0.15, 0.2) is 15.0 Å². The minimum Gasteiger partial charge on any atom is -0.394 e. The molecule has 10 heteroatoms. The van der Waals surface area contributed by atoms with E-state index in [4.69, 9.17) is 21.3 Å². The van der Waals surface area contributed by atoms with Crippen molar-refractivity contribution in [3.8, 4) is 0 Å². The van der Waals surface area contributed by atoms with Crippen molar-refractivity contribution in [2.24, 2.45) is 26.4 Å². The zero-order valence-corrected chi connectivity index (χ0v) is 10.4. The summed E-state index contributed by atoms with van der Waals surface area (Å²) in [4.78, 5) is 13.6. The largest absolute Gasteiger partial charge is 0.394 e. The summed E-state index contributed by atoms with van der Waals surface area (Å²) in [5.41, 5.74) is 11.3. The predicted molar refractivity (Wildman–Crippen MR) is 68.9 cm³/mol. The van der Waals surface area contributed by atoms with Crippen LogP contribution >= 0.6 is 0 Å². The molecule has 3 unspecified atom stereocenters. The number of guanidine groups is 1. The maximum absolute atomic E-state index is 10.0. The summed E-state index contributed by atoms with van der Waals surface area (Å²) < 4.78 is 5.43. The van der Waals surface area contributed by atoms with Gasteiger partial charge in [0, 0.05) is 0 Å². The van der Waals surface area contributed by atoms with Crippen molar-refractivity contribution in [3.63, 3.8) is 0 Å². The Kier molecular flexibility index (Phi) is 3.09. The molecule has 0 aromatic carbocycles. The van der Waals surface area contributed by atoms with E-state index in [9.17, 15) is 10.2 Å². The molecule has 110 valence electrons. The lowest BCUT2D eigenvalue weighted by Gasteiger charge is -2.32. The molecule has 0 saturated carbocycles. The standard InChI is InChI=1S/C10H16N6O4/c11-7-4-8(15-10(12)14-7)16(2-13-4)9-6(19)5(18)3(1-17)20-9/h2-6,8-9,17-19H,1H2,(H4,11,12,14,15)/t3-,4?,5?,6+,8?,9-/m1/s1. The summed E-state index contributed by atoms with van der Waals surface area (Å²) in [7, 11) is 0. The van der Waals surface area contributed by atoms with E-state index in [1.165, 1.54) is 11.2 Å². The van der Waals surface area contributed by atoms with E-state index < -0.39 is 43.4 Å². The van der Waals surface area contributed by atoms with E-state index in [1.807, 2.05) is 0 Å². The first kappa shape index (κ1) is 13.2. The van der Waals surface area contributed by atoms with Crippen molar-refractivity contribution in [1.82, 2.24) is 4.90 Å².